The first kappa shape index (κ1) is 19.4. The Balaban J connectivity index is 1.50. The predicted octanol–water partition coefficient (Wildman–Crippen LogP) is 4.60. The second kappa shape index (κ2) is 7.15. The van der Waals surface area contributed by atoms with E-state index in [1.165, 1.54) is 38.5 Å². The lowest BCUT2D eigenvalue weighted by atomic mass is 9.49. The summed E-state index contributed by atoms with van der Waals surface area (Å²) in [6.07, 6.45) is 10.5. The number of carbonyl (C=O) groups is 1. The molecule has 0 spiro atoms. The van der Waals surface area contributed by atoms with Crippen molar-refractivity contribution in [2.75, 3.05) is 19.0 Å². The van der Waals surface area contributed by atoms with E-state index in [-0.39, 0.29) is 11.3 Å². The zero-order valence-corrected chi connectivity index (χ0v) is 18.0. The molecular weight excluding hydrogens is 392 g/mol. The van der Waals surface area contributed by atoms with Gasteiger partial charge in [-0.15, -0.1) is 0 Å². The summed E-state index contributed by atoms with van der Waals surface area (Å²) in [6.45, 7) is 2.91. The average Bonchev–Trinajstić information content (AvgIpc) is 2.98. The number of fused-ring (bicyclic) bond motifs is 5. The summed E-state index contributed by atoms with van der Waals surface area (Å²) in [7, 11) is 1.70. The van der Waals surface area contributed by atoms with Crippen molar-refractivity contribution in [1.82, 2.24) is 0 Å². The van der Waals surface area contributed by atoms with E-state index in [0.29, 0.717) is 23.6 Å². The first-order valence-electron chi connectivity index (χ1n) is 10.7. The fourth-order valence-corrected chi connectivity index (χ4v) is 8.38. The molecular formula is C22H35BrO3. The summed E-state index contributed by atoms with van der Waals surface area (Å²) in [5.41, 5.74) is -0.350. The zero-order valence-electron chi connectivity index (χ0n) is 16.4. The van der Waals surface area contributed by atoms with Gasteiger partial charge in [0.1, 0.15) is 5.78 Å². The van der Waals surface area contributed by atoms with Gasteiger partial charge in [0, 0.05) is 13.0 Å². The van der Waals surface area contributed by atoms with E-state index in [2.05, 4.69) is 22.9 Å². The Kier molecular flexibility index (Phi) is 5.33. The molecule has 2 unspecified atom stereocenters. The Labute approximate surface area is 166 Å². The fraction of sp³-hybridized carbons (Fsp3) is 0.955. The molecule has 0 aromatic rings. The summed E-state index contributed by atoms with van der Waals surface area (Å²) in [5, 5.41) is 11.4. The highest BCUT2D eigenvalue weighted by molar-refractivity contribution is 9.09. The average molecular weight is 427 g/mol. The number of rotatable bonds is 4. The maximum absolute atomic E-state index is 12.5. The molecule has 0 aromatic heterocycles. The van der Waals surface area contributed by atoms with Crippen LogP contribution in [0.5, 0.6) is 0 Å². The van der Waals surface area contributed by atoms with Crippen molar-refractivity contribution in [3.63, 3.8) is 0 Å². The van der Waals surface area contributed by atoms with Gasteiger partial charge in [-0.2, -0.15) is 0 Å². The van der Waals surface area contributed by atoms with E-state index in [1.54, 1.807) is 7.11 Å². The fourth-order valence-electron chi connectivity index (χ4n) is 7.98. The van der Waals surface area contributed by atoms with E-state index in [9.17, 15) is 9.90 Å². The molecule has 4 heteroatoms. The minimum atomic E-state index is -0.591. The molecule has 4 saturated carbocycles. The number of methoxy groups -OCH3 is 1. The van der Waals surface area contributed by atoms with Gasteiger partial charge >= 0.3 is 0 Å². The van der Waals surface area contributed by atoms with Gasteiger partial charge in [-0.1, -0.05) is 22.9 Å². The van der Waals surface area contributed by atoms with Crippen molar-refractivity contribution in [2.24, 2.45) is 40.9 Å². The lowest BCUT2D eigenvalue weighted by Crippen LogP contribution is -2.52. The van der Waals surface area contributed by atoms with Crippen molar-refractivity contribution in [3.05, 3.63) is 0 Å². The molecule has 4 aliphatic rings. The molecule has 0 amide bonds. The van der Waals surface area contributed by atoms with Crippen LogP contribution in [0.3, 0.4) is 0 Å². The highest BCUT2D eigenvalue weighted by atomic mass is 79.9. The van der Waals surface area contributed by atoms with Crippen molar-refractivity contribution < 1.29 is 14.6 Å². The first-order chi connectivity index (χ1) is 12.4. The van der Waals surface area contributed by atoms with Crippen LogP contribution in [0.15, 0.2) is 0 Å². The zero-order chi connectivity index (χ0) is 18.5. The molecule has 26 heavy (non-hydrogen) atoms. The van der Waals surface area contributed by atoms with Crippen molar-refractivity contribution in [1.29, 1.82) is 0 Å². The highest BCUT2D eigenvalue weighted by Crippen LogP contribution is 2.64. The van der Waals surface area contributed by atoms with Crippen LogP contribution in [0, 0.1) is 40.9 Å². The van der Waals surface area contributed by atoms with Crippen LogP contribution in [0.1, 0.15) is 64.7 Å². The smallest absolute Gasteiger partial charge is 0.147 e. The number of aliphatic hydroxyl groups is 1. The molecule has 0 heterocycles. The molecule has 0 bridgehead atoms. The predicted molar refractivity (Wildman–Crippen MR) is 106 cm³/mol. The number of alkyl halides is 1. The summed E-state index contributed by atoms with van der Waals surface area (Å²) in [4.78, 5) is 12.5. The largest absolute Gasteiger partial charge is 0.387 e. The molecule has 0 radical (unpaired) electrons. The Bertz CT molecular complexity index is 552. The number of hydrogen-bond donors (Lipinski definition) is 1. The monoisotopic (exact) mass is 426 g/mol. The summed E-state index contributed by atoms with van der Waals surface area (Å²) < 4.78 is 5.30. The summed E-state index contributed by atoms with van der Waals surface area (Å²) in [5.74, 6) is 4.58. The number of carbonyl (C=O) groups excluding carboxylic acids is 1. The quantitative estimate of drug-likeness (QED) is 0.668. The first-order valence-corrected chi connectivity index (χ1v) is 11.8. The van der Waals surface area contributed by atoms with Gasteiger partial charge in [0.15, 0.2) is 0 Å². The third kappa shape index (κ3) is 3.03. The topological polar surface area (TPSA) is 46.5 Å². The van der Waals surface area contributed by atoms with E-state index in [4.69, 9.17) is 4.74 Å². The summed E-state index contributed by atoms with van der Waals surface area (Å²) >= 11 is 3.42. The number of Topliss-reactive ketones (excluding diaryl/α,β-unsaturated/α-hetero) is 1. The molecule has 4 rings (SSSR count). The number of hydrogen-bond acceptors (Lipinski definition) is 3. The minimum absolute atomic E-state index is 0.240. The Morgan fingerprint density at radius 3 is 2.58 bits per heavy atom. The van der Waals surface area contributed by atoms with Gasteiger partial charge in [-0.05, 0) is 92.8 Å². The van der Waals surface area contributed by atoms with Crippen LogP contribution in [0.25, 0.3) is 0 Å². The van der Waals surface area contributed by atoms with Crippen molar-refractivity contribution in [3.8, 4) is 0 Å². The maximum Gasteiger partial charge on any atom is 0.147 e. The number of ether oxygens (including phenoxy) is 1. The van der Waals surface area contributed by atoms with E-state index in [0.717, 1.165) is 42.9 Å². The Morgan fingerprint density at radius 1 is 1.08 bits per heavy atom. The molecule has 8 atom stereocenters. The number of ketones is 1. The van der Waals surface area contributed by atoms with Crippen LogP contribution in [-0.2, 0) is 9.53 Å². The van der Waals surface area contributed by atoms with Crippen LogP contribution in [0.2, 0.25) is 0 Å². The van der Waals surface area contributed by atoms with Crippen LogP contribution in [-0.4, -0.2) is 35.5 Å². The summed E-state index contributed by atoms with van der Waals surface area (Å²) in [6, 6.07) is 0. The van der Waals surface area contributed by atoms with E-state index in [1.807, 2.05) is 0 Å². The van der Waals surface area contributed by atoms with Gasteiger partial charge in [0.25, 0.3) is 0 Å². The second-order valence-electron chi connectivity index (χ2n) is 10.1. The molecule has 4 fully saturated rings. The van der Waals surface area contributed by atoms with Crippen LogP contribution >= 0.6 is 15.9 Å². The third-order valence-corrected chi connectivity index (χ3v) is 9.59. The SMILES string of the molecule is COC[C@@]1(O)CCC2[C@H](CCC3[C@@H]2CC[C@]2(C)[C@@H](C(=O)CBr)CC[C@@H]32)C1. The highest BCUT2D eigenvalue weighted by Gasteiger charge is 2.58. The van der Waals surface area contributed by atoms with Crippen LogP contribution < -0.4 is 0 Å². The Hall–Kier alpha value is 0.0700. The second-order valence-corrected chi connectivity index (χ2v) is 10.7. The lowest BCUT2D eigenvalue weighted by Gasteiger charge is -2.57. The molecule has 0 aromatic carbocycles. The maximum atomic E-state index is 12.5. The lowest BCUT2D eigenvalue weighted by molar-refractivity contribution is -0.134. The standard InChI is InChI=1S/C22H35BrO3/c1-21-9-7-16-15-8-10-22(25,13-26-2)11-14(15)3-4-17(16)18(21)5-6-19(21)20(24)12-23/h14-19,25H,3-13H2,1-2H3/t14-,15?,16-,17?,18+,19-,21+,22-/m1/s1. The van der Waals surface area contributed by atoms with Gasteiger partial charge in [-0.25, -0.2) is 0 Å². The molecule has 0 saturated heterocycles. The van der Waals surface area contributed by atoms with Gasteiger partial charge < -0.3 is 9.84 Å². The molecule has 148 valence electrons. The Morgan fingerprint density at radius 2 is 1.85 bits per heavy atom. The van der Waals surface area contributed by atoms with E-state index < -0.39 is 5.60 Å². The molecule has 1 N–H and O–H groups in total. The normalized spacial score (nSPS) is 50.6. The van der Waals surface area contributed by atoms with Gasteiger partial charge in [0.2, 0.25) is 0 Å². The molecule has 3 nitrogen and oxygen atoms in total. The van der Waals surface area contributed by atoms with E-state index >= 15 is 0 Å². The minimum Gasteiger partial charge on any atom is -0.387 e. The van der Waals surface area contributed by atoms with Gasteiger partial charge in [0.05, 0.1) is 17.5 Å². The molecule has 4 aliphatic carbocycles. The van der Waals surface area contributed by atoms with Gasteiger partial charge in [-0.3, -0.25) is 4.79 Å². The van der Waals surface area contributed by atoms with Crippen LogP contribution in [0.4, 0.5) is 0 Å². The van der Waals surface area contributed by atoms with Crippen molar-refractivity contribution >= 4 is 21.7 Å². The molecule has 0 aliphatic heterocycles. The number of halogens is 1. The van der Waals surface area contributed by atoms with Crippen molar-refractivity contribution in [2.45, 2.75) is 70.3 Å². The third-order valence-electron chi connectivity index (χ3n) is 9.04.